The van der Waals surface area contributed by atoms with Crippen molar-refractivity contribution in [3.05, 3.63) is 119 Å². The normalized spacial score (nSPS) is 12.9. The maximum Gasteiger partial charge on any atom is 0.407 e. The van der Waals surface area contributed by atoms with E-state index < -0.39 is 18.1 Å². The highest BCUT2D eigenvalue weighted by Gasteiger charge is 2.29. The molecule has 4 aromatic carbocycles. The van der Waals surface area contributed by atoms with Gasteiger partial charge in [0.2, 0.25) is 0 Å². The van der Waals surface area contributed by atoms with Crippen LogP contribution in [0.1, 0.15) is 28.2 Å². The van der Waals surface area contributed by atoms with E-state index in [1.165, 1.54) is 0 Å². The summed E-state index contributed by atoms with van der Waals surface area (Å²) in [5, 5.41) is 12.3. The van der Waals surface area contributed by atoms with Gasteiger partial charge < -0.3 is 15.2 Å². The van der Waals surface area contributed by atoms with E-state index >= 15 is 0 Å². The molecule has 4 aromatic rings. The van der Waals surface area contributed by atoms with Crippen molar-refractivity contribution in [2.24, 2.45) is 0 Å². The Hall–Kier alpha value is -4.38. The second kappa shape index (κ2) is 10.1. The van der Waals surface area contributed by atoms with E-state index in [1.807, 2.05) is 85.8 Å². The van der Waals surface area contributed by atoms with E-state index in [9.17, 15) is 14.7 Å². The smallest absolute Gasteiger partial charge is 0.407 e. The van der Waals surface area contributed by atoms with Gasteiger partial charge in [-0.25, -0.2) is 9.59 Å². The number of hydrogen-bond acceptors (Lipinski definition) is 3. The van der Waals surface area contributed by atoms with Crippen LogP contribution in [0.15, 0.2) is 97.1 Å². The summed E-state index contributed by atoms with van der Waals surface area (Å²) in [6.45, 7) is 2.17. The van der Waals surface area contributed by atoms with Gasteiger partial charge in [-0.2, -0.15) is 0 Å². The molecular weight excluding hydrogens is 450 g/mol. The summed E-state index contributed by atoms with van der Waals surface area (Å²) in [5.41, 5.74) is 8.52. The van der Waals surface area contributed by atoms with E-state index in [0.717, 1.165) is 44.5 Å². The van der Waals surface area contributed by atoms with Crippen molar-refractivity contribution in [1.82, 2.24) is 5.32 Å². The first kappa shape index (κ1) is 23.4. The number of carbonyl (C=O) groups is 2. The molecule has 0 radical (unpaired) electrons. The van der Waals surface area contributed by atoms with Crippen LogP contribution in [-0.2, 0) is 16.0 Å². The number of aryl methyl sites for hydroxylation is 1. The van der Waals surface area contributed by atoms with Gasteiger partial charge in [0.25, 0.3) is 0 Å². The highest BCUT2D eigenvalue weighted by Crippen LogP contribution is 2.44. The lowest BCUT2D eigenvalue weighted by Gasteiger charge is -2.18. The minimum absolute atomic E-state index is 0.0857. The number of fused-ring (bicyclic) bond motifs is 3. The molecule has 5 nitrogen and oxygen atoms in total. The Morgan fingerprint density at radius 3 is 2.08 bits per heavy atom. The number of benzene rings is 4. The van der Waals surface area contributed by atoms with Gasteiger partial charge in [0.1, 0.15) is 12.6 Å². The third kappa shape index (κ3) is 4.86. The molecule has 0 saturated heterocycles. The van der Waals surface area contributed by atoms with Crippen LogP contribution in [0, 0.1) is 6.92 Å². The lowest BCUT2D eigenvalue weighted by Crippen LogP contribution is -2.42. The Morgan fingerprint density at radius 2 is 1.44 bits per heavy atom. The fraction of sp³-hybridized carbons (Fsp3) is 0.161. The van der Waals surface area contributed by atoms with Crippen molar-refractivity contribution in [2.45, 2.75) is 25.3 Å². The number of alkyl carbamates (subject to hydrolysis) is 1. The van der Waals surface area contributed by atoms with E-state index in [-0.39, 0.29) is 18.9 Å². The first-order chi connectivity index (χ1) is 17.5. The molecule has 2 N–H and O–H groups in total. The van der Waals surface area contributed by atoms with Crippen molar-refractivity contribution in [1.29, 1.82) is 0 Å². The average molecular weight is 478 g/mol. The number of carboxylic acids is 1. The third-order valence-electron chi connectivity index (χ3n) is 6.65. The summed E-state index contributed by atoms with van der Waals surface area (Å²) in [4.78, 5) is 24.6. The Bertz CT molecular complexity index is 1380. The Labute approximate surface area is 210 Å². The molecule has 5 rings (SSSR count). The average Bonchev–Trinajstić information content (AvgIpc) is 3.21. The first-order valence-corrected chi connectivity index (χ1v) is 12.0. The first-order valence-electron chi connectivity index (χ1n) is 12.0. The van der Waals surface area contributed by atoms with Crippen LogP contribution < -0.4 is 5.32 Å². The zero-order chi connectivity index (χ0) is 25.1. The van der Waals surface area contributed by atoms with E-state index in [2.05, 4.69) is 23.5 Å². The van der Waals surface area contributed by atoms with Crippen molar-refractivity contribution in [3.8, 4) is 22.3 Å². The minimum Gasteiger partial charge on any atom is -0.480 e. The highest BCUT2D eigenvalue weighted by molar-refractivity contribution is 5.81. The zero-order valence-electron chi connectivity index (χ0n) is 20.0. The molecule has 1 amide bonds. The topological polar surface area (TPSA) is 75.6 Å². The molecule has 0 bridgehead atoms. The molecule has 1 aliphatic rings. The maximum atomic E-state index is 12.7. The number of nitrogens with one attached hydrogen (secondary N) is 1. The Kier molecular flexibility index (Phi) is 6.54. The highest BCUT2D eigenvalue weighted by atomic mass is 16.5. The zero-order valence-corrected chi connectivity index (χ0v) is 20.0. The van der Waals surface area contributed by atoms with Crippen LogP contribution >= 0.6 is 0 Å². The molecule has 0 heterocycles. The molecule has 0 saturated carbocycles. The van der Waals surface area contributed by atoms with Crippen molar-refractivity contribution in [2.75, 3.05) is 6.61 Å². The molecule has 36 heavy (non-hydrogen) atoms. The SMILES string of the molecule is Cc1cccc(-c2cccc(CC(NC(=O)OCC3c4ccccc4-c4ccccc43)C(=O)O)c2)c1. The van der Waals surface area contributed by atoms with Gasteiger partial charge >= 0.3 is 12.1 Å². The van der Waals surface area contributed by atoms with Gasteiger partial charge in [0.15, 0.2) is 0 Å². The predicted octanol–water partition coefficient (Wildman–Crippen LogP) is 6.20. The number of amides is 1. The lowest BCUT2D eigenvalue weighted by molar-refractivity contribution is -0.139. The summed E-state index contributed by atoms with van der Waals surface area (Å²) in [6.07, 6.45) is -0.585. The van der Waals surface area contributed by atoms with Gasteiger partial charge in [-0.15, -0.1) is 0 Å². The molecule has 0 aromatic heterocycles. The van der Waals surface area contributed by atoms with Crippen LogP contribution in [0.5, 0.6) is 0 Å². The molecule has 0 fully saturated rings. The van der Waals surface area contributed by atoms with Gasteiger partial charge in [-0.05, 0) is 45.9 Å². The number of hydrogen-bond donors (Lipinski definition) is 2. The summed E-state index contributed by atoms with van der Waals surface area (Å²) < 4.78 is 5.55. The summed E-state index contributed by atoms with van der Waals surface area (Å²) >= 11 is 0. The molecule has 180 valence electrons. The van der Waals surface area contributed by atoms with Gasteiger partial charge in [0.05, 0.1) is 0 Å². The predicted molar refractivity (Wildman–Crippen MR) is 140 cm³/mol. The number of aliphatic carboxylic acids is 1. The van der Waals surface area contributed by atoms with E-state index in [1.54, 1.807) is 0 Å². The van der Waals surface area contributed by atoms with Gasteiger partial charge in [-0.3, -0.25) is 0 Å². The minimum atomic E-state index is -1.11. The summed E-state index contributed by atoms with van der Waals surface area (Å²) in [5.74, 6) is -1.19. The van der Waals surface area contributed by atoms with Crippen molar-refractivity contribution < 1.29 is 19.4 Å². The van der Waals surface area contributed by atoms with Crippen LogP contribution in [0.25, 0.3) is 22.3 Å². The number of carbonyl (C=O) groups excluding carboxylic acids is 1. The maximum absolute atomic E-state index is 12.7. The molecule has 1 unspecified atom stereocenters. The monoisotopic (exact) mass is 477 g/mol. The number of rotatable bonds is 7. The van der Waals surface area contributed by atoms with Crippen molar-refractivity contribution >= 4 is 12.1 Å². The van der Waals surface area contributed by atoms with Crippen LogP contribution in [0.4, 0.5) is 4.79 Å². The van der Waals surface area contributed by atoms with Crippen LogP contribution in [0.2, 0.25) is 0 Å². The molecule has 0 aliphatic heterocycles. The van der Waals surface area contributed by atoms with Crippen molar-refractivity contribution in [3.63, 3.8) is 0 Å². The molecule has 0 spiro atoms. The second-order valence-corrected chi connectivity index (χ2v) is 9.13. The number of ether oxygens (including phenoxy) is 1. The standard InChI is InChI=1S/C31H27NO4/c1-20-8-6-10-22(16-20)23-11-7-9-21(17-23)18-29(30(33)34)32-31(35)36-19-28-26-14-4-2-12-24(26)25-13-3-5-15-27(25)28/h2-17,28-29H,18-19H2,1H3,(H,32,35)(H,33,34). The quantitative estimate of drug-likeness (QED) is 0.332. The molecule has 5 heteroatoms. The second-order valence-electron chi connectivity index (χ2n) is 9.13. The lowest BCUT2D eigenvalue weighted by atomic mass is 9.98. The van der Waals surface area contributed by atoms with E-state index in [0.29, 0.717) is 0 Å². The van der Waals surface area contributed by atoms with Crippen LogP contribution in [-0.4, -0.2) is 29.8 Å². The Balaban J connectivity index is 1.26. The summed E-state index contributed by atoms with van der Waals surface area (Å²) in [6, 6.07) is 30.9. The fourth-order valence-electron chi connectivity index (χ4n) is 4.92. The largest absolute Gasteiger partial charge is 0.480 e. The molecule has 1 aliphatic carbocycles. The number of carboxylic acid groups (broad SMARTS) is 1. The van der Waals surface area contributed by atoms with Crippen LogP contribution in [0.3, 0.4) is 0 Å². The molecule has 1 atom stereocenters. The fourth-order valence-corrected chi connectivity index (χ4v) is 4.92. The van der Waals surface area contributed by atoms with Gasteiger partial charge in [0, 0.05) is 12.3 Å². The third-order valence-corrected chi connectivity index (χ3v) is 6.65. The molecular formula is C31H27NO4. The van der Waals surface area contributed by atoms with Gasteiger partial charge in [-0.1, -0.05) is 103 Å². The van der Waals surface area contributed by atoms with E-state index in [4.69, 9.17) is 4.74 Å². The summed E-state index contributed by atoms with van der Waals surface area (Å²) in [7, 11) is 0. The Morgan fingerprint density at radius 1 is 0.833 bits per heavy atom.